The molecule has 5 nitrogen and oxygen atoms in total. The minimum absolute atomic E-state index is 0.387. The Balaban J connectivity index is 1.66. The van der Waals surface area contributed by atoms with Crippen molar-refractivity contribution in [3.63, 3.8) is 0 Å². The lowest BCUT2D eigenvalue weighted by Gasteiger charge is -2.24. The molecule has 1 saturated heterocycles. The molecule has 0 bridgehead atoms. The highest BCUT2D eigenvalue weighted by Gasteiger charge is 2.12. The van der Waals surface area contributed by atoms with Crippen LogP contribution in [0.15, 0.2) is 18.2 Å². The molecule has 0 spiro atoms. The van der Waals surface area contributed by atoms with Gasteiger partial charge in [0.05, 0.1) is 24.2 Å². The van der Waals surface area contributed by atoms with Gasteiger partial charge < -0.3 is 20.4 Å². The predicted molar refractivity (Wildman–Crippen MR) is 71.9 cm³/mol. The second-order valence-electron chi connectivity index (χ2n) is 4.66. The maximum Gasteiger partial charge on any atom is 0.104 e. The van der Waals surface area contributed by atoms with E-state index in [2.05, 4.69) is 32.7 Å². The molecule has 1 unspecified atom stereocenters. The van der Waals surface area contributed by atoms with Gasteiger partial charge in [0.2, 0.25) is 0 Å². The maximum atomic E-state index is 5.43. The quantitative estimate of drug-likeness (QED) is 0.763. The Morgan fingerprint density at radius 2 is 2.44 bits per heavy atom. The number of aryl methyl sites for hydroxylation is 1. The zero-order chi connectivity index (χ0) is 12.4. The van der Waals surface area contributed by atoms with Gasteiger partial charge in [-0.05, 0) is 25.1 Å². The van der Waals surface area contributed by atoms with Crippen LogP contribution in [0.2, 0.25) is 0 Å². The summed E-state index contributed by atoms with van der Waals surface area (Å²) in [5.74, 6) is 0.949. The Bertz CT molecular complexity index is 531. The molecular weight excluding hydrogens is 228 g/mol. The first-order chi connectivity index (χ1) is 8.81. The third-order valence-corrected chi connectivity index (χ3v) is 3.15. The van der Waals surface area contributed by atoms with E-state index in [9.17, 15) is 0 Å². The lowest BCUT2D eigenvalue weighted by molar-refractivity contribution is 0.0806. The SMILES string of the molecule is Cc1nc2ccc(NCC3COCCN3)cc2[nH]1. The van der Waals surface area contributed by atoms with Crippen LogP contribution in [0.3, 0.4) is 0 Å². The van der Waals surface area contributed by atoms with Crippen molar-refractivity contribution in [3.05, 3.63) is 24.0 Å². The first-order valence-electron chi connectivity index (χ1n) is 6.32. The number of morpholine rings is 1. The summed E-state index contributed by atoms with van der Waals surface area (Å²) >= 11 is 0. The third-order valence-electron chi connectivity index (χ3n) is 3.15. The number of H-pyrrole nitrogens is 1. The monoisotopic (exact) mass is 246 g/mol. The van der Waals surface area contributed by atoms with Gasteiger partial charge in [0.15, 0.2) is 0 Å². The molecule has 1 fully saturated rings. The summed E-state index contributed by atoms with van der Waals surface area (Å²) < 4.78 is 5.43. The number of aromatic amines is 1. The maximum absolute atomic E-state index is 5.43. The average Bonchev–Trinajstić information content (AvgIpc) is 2.77. The minimum atomic E-state index is 0.387. The van der Waals surface area contributed by atoms with Crippen LogP contribution in [0.1, 0.15) is 5.82 Å². The zero-order valence-corrected chi connectivity index (χ0v) is 10.5. The van der Waals surface area contributed by atoms with E-state index < -0.39 is 0 Å². The number of nitrogens with one attached hydrogen (secondary N) is 3. The number of hydrogen-bond donors (Lipinski definition) is 3. The fourth-order valence-corrected chi connectivity index (χ4v) is 2.24. The molecule has 1 atom stereocenters. The molecule has 96 valence electrons. The van der Waals surface area contributed by atoms with Crippen molar-refractivity contribution < 1.29 is 4.74 Å². The number of ether oxygens (including phenoxy) is 1. The molecule has 0 amide bonds. The molecule has 0 radical (unpaired) electrons. The summed E-state index contributed by atoms with van der Waals surface area (Å²) in [5.41, 5.74) is 3.20. The molecule has 1 aromatic carbocycles. The van der Waals surface area contributed by atoms with Crippen molar-refractivity contribution in [1.82, 2.24) is 15.3 Å². The standard InChI is InChI=1S/C13H18N4O/c1-9-16-12-3-2-10(6-13(12)17-9)15-7-11-8-18-5-4-14-11/h2-3,6,11,14-15H,4-5,7-8H2,1H3,(H,16,17). The second kappa shape index (κ2) is 4.96. The van der Waals surface area contributed by atoms with Crippen LogP contribution >= 0.6 is 0 Å². The lowest BCUT2D eigenvalue weighted by Crippen LogP contribution is -2.45. The van der Waals surface area contributed by atoms with E-state index in [4.69, 9.17) is 4.74 Å². The van der Waals surface area contributed by atoms with Crippen LogP contribution in [-0.4, -0.2) is 42.3 Å². The molecular formula is C13H18N4O. The summed E-state index contributed by atoms with van der Waals surface area (Å²) in [6.45, 7) is 5.37. The topological polar surface area (TPSA) is 62.0 Å². The fraction of sp³-hybridized carbons (Fsp3) is 0.462. The first-order valence-corrected chi connectivity index (χ1v) is 6.32. The van der Waals surface area contributed by atoms with E-state index in [0.717, 1.165) is 48.8 Å². The van der Waals surface area contributed by atoms with Crippen LogP contribution in [0.25, 0.3) is 11.0 Å². The molecule has 5 heteroatoms. The lowest BCUT2D eigenvalue weighted by atomic mass is 10.2. The van der Waals surface area contributed by atoms with Crippen molar-refractivity contribution in [2.75, 3.05) is 31.6 Å². The molecule has 1 aliphatic rings. The predicted octanol–water partition coefficient (Wildman–Crippen LogP) is 1.27. The zero-order valence-electron chi connectivity index (χ0n) is 10.5. The Morgan fingerprint density at radius 3 is 3.28 bits per heavy atom. The number of nitrogens with zero attached hydrogens (tertiary/aromatic N) is 1. The number of anilines is 1. The van der Waals surface area contributed by atoms with E-state index in [1.807, 2.05) is 13.0 Å². The highest BCUT2D eigenvalue weighted by atomic mass is 16.5. The number of benzene rings is 1. The highest BCUT2D eigenvalue weighted by molar-refractivity contribution is 5.79. The summed E-state index contributed by atoms with van der Waals surface area (Å²) in [5, 5.41) is 6.85. The summed E-state index contributed by atoms with van der Waals surface area (Å²) in [6.07, 6.45) is 0. The summed E-state index contributed by atoms with van der Waals surface area (Å²) in [4.78, 5) is 7.63. The van der Waals surface area contributed by atoms with Gasteiger partial charge in [-0.25, -0.2) is 4.98 Å². The second-order valence-corrected chi connectivity index (χ2v) is 4.66. The molecule has 18 heavy (non-hydrogen) atoms. The van der Waals surface area contributed by atoms with E-state index >= 15 is 0 Å². The minimum Gasteiger partial charge on any atom is -0.383 e. The van der Waals surface area contributed by atoms with Crippen LogP contribution in [0.5, 0.6) is 0 Å². The van der Waals surface area contributed by atoms with E-state index in [1.165, 1.54) is 0 Å². The summed E-state index contributed by atoms with van der Waals surface area (Å²) in [7, 11) is 0. The van der Waals surface area contributed by atoms with Crippen LogP contribution in [0, 0.1) is 6.92 Å². The van der Waals surface area contributed by atoms with Gasteiger partial charge in [0, 0.05) is 24.8 Å². The van der Waals surface area contributed by atoms with Crippen molar-refractivity contribution in [3.8, 4) is 0 Å². The van der Waals surface area contributed by atoms with Gasteiger partial charge in [-0.2, -0.15) is 0 Å². The normalized spacial score (nSPS) is 20.2. The molecule has 0 saturated carbocycles. The van der Waals surface area contributed by atoms with Gasteiger partial charge in [-0.15, -0.1) is 0 Å². The Morgan fingerprint density at radius 1 is 1.50 bits per heavy atom. The number of aromatic nitrogens is 2. The van der Waals surface area contributed by atoms with E-state index in [0.29, 0.717) is 6.04 Å². The van der Waals surface area contributed by atoms with Crippen molar-refractivity contribution in [2.24, 2.45) is 0 Å². The molecule has 3 N–H and O–H groups in total. The van der Waals surface area contributed by atoms with E-state index in [1.54, 1.807) is 0 Å². The largest absolute Gasteiger partial charge is 0.383 e. The van der Waals surface area contributed by atoms with E-state index in [-0.39, 0.29) is 0 Å². The summed E-state index contributed by atoms with van der Waals surface area (Å²) in [6, 6.07) is 6.58. The van der Waals surface area contributed by atoms with Gasteiger partial charge in [-0.3, -0.25) is 0 Å². The van der Waals surface area contributed by atoms with Crippen molar-refractivity contribution in [2.45, 2.75) is 13.0 Å². The smallest absolute Gasteiger partial charge is 0.104 e. The highest BCUT2D eigenvalue weighted by Crippen LogP contribution is 2.17. The Hall–Kier alpha value is -1.59. The number of hydrogen-bond acceptors (Lipinski definition) is 4. The number of imidazole rings is 1. The van der Waals surface area contributed by atoms with Gasteiger partial charge in [0.25, 0.3) is 0 Å². The average molecular weight is 246 g/mol. The molecule has 2 aromatic rings. The molecule has 1 aromatic heterocycles. The van der Waals surface area contributed by atoms with Crippen LogP contribution in [0.4, 0.5) is 5.69 Å². The Labute approximate surface area is 106 Å². The fourth-order valence-electron chi connectivity index (χ4n) is 2.24. The number of fused-ring (bicyclic) bond motifs is 1. The first kappa shape index (κ1) is 11.5. The van der Waals surface area contributed by atoms with Crippen LogP contribution in [-0.2, 0) is 4.74 Å². The molecule has 3 rings (SSSR count). The van der Waals surface area contributed by atoms with Gasteiger partial charge in [0.1, 0.15) is 5.82 Å². The number of rotatable bonds is 3. The van der Waals surface area contributed by atoms with Gasteiger partial charge >= 0.3 is 0 Å². The molecule has 1 aliphatic heterocycles. The van der Waals surface area contributed by atoms with Crippen molar-refractivity contribution >= 4 is 16.7 Å². The third kappa shape index (κ3) is 2.47. The molecule has 0 aliphatic carbocycles. The molecule has 2 heterocycles. The van der Waals surface area contributed by atoms with Crippen molar-refractivity contribution in [1.29, 1.82) is 0 Å². The Kier molecular flexibility index (Phi) is 3.17. The van der Waals surface area contributed by atoms with Crippen LogP contribution < -0.4 is 10.6 Å². The van der Waals surface area contributed by atoms with Gasteiger partial charge in [-0.1, -0.05) is 0 Å².